The van der Waals surface area contributed by atoms with Gasteiger partial charge in [-0.15, -0.1) is 5.10 Å². The van der Waals surface area contributed by atoms with E-state index in [-0.39, 0.29) is 5.56 Å². The Hall–Kier alpha value is -1.59. The number of thioether (sulfide) groups is 1. The molecule has 2 aromatic rings. The van der Waals surface area contributed by atoms with Gasteiger partial charge in [-0.1, -0.05) is 41.6 Å². The van der Waals surface area contributed by atoms with E-state index in [4.69, 9.17) is 16.7 Å². The summed E-state index contributed by atoms with van der Waals surface area (Å²) in [6, 6.07) is 8.86. The summed E-state index contributed by atoms with van der Waals surface area (Å²) < 4.78 is 0. The molecule has 0 radical (unpaired) electrons. The molecule has 1 aromatic carbocycles. The van der Waals surface area contributed by atoms with Gasteiger partial charge in [0, 0.05) is 10.8 Å². The third-order valence-electron chi connectivity index (χ3n) is 2.24. The molecule has 0 bridgehead atoms. The number of rotatable bonds is 4. The van der Waals surface area contributed by atoms with Crippen LogP contribution in [0.25, 0.3) is 0 Å². The monoisotopic (exact) mass is 280 g/mol. The van der Waals surface area contributed by atoms with Crippen molar-refractivity contribution in [3.05, 3.63) is 52.7 Å². The molecule has 0 atom stereocenters. The first-order valence-corrected chi connectivity index (χ1v) is 6.46. The number of hydrogen-bond donors (Lipinski definition) is 1. The summed E-state index contributed by atoms with van der Waals surface area (Å²) in [4.78, 5) is 11.0. The Morgan fingerprint density at radius 1 is 1.33 bits per heavy atom. The van der Waals surface area contributed by atoms with Crippen LogP contribution in [0, 0.1) is 0 Å². The average molecular weight is 281 g/mol. The van der Waals surface area contributed by atoms with Crippen LogP contribution < -0.4 is 0 Å². The highest BCUT2D eigenvalue weighted by molar-refractivity contribution is 7.98. The van der Waals surface area contributed by atoms with E-state index in [9.17, 15) is 4.79 Å². The van der Waals surface area contributed by atoms with Crippen LogP contribution in [0.5, 0.6) is 0 Å². The van der Waals surface area contributed by atoms with Gasteiger partial charge in [-0.2, -0.15) is 5.10 Å². The van der Waals surface area contributed by atoms with Gasteiger partial charge in [0.15, 0.2) is 0 Å². The van der Waals surface area contributed by atoms with E-state index >= 15 is 0 Å². The molecule has 0 aliphatic carbocycles. The van der Waals surface area contributed by atoms with Gasteiger partial charge in [-0.25, -0.2) is 4.79 Å². The molecule has 2 rings (SSSR count). The van der Waals surface area contributed by atoms with Crippen LogP contribution in [0.15, 0.2) is 41.6 Å². The van der Waals surface area contributed by atoms with Crippen molar-refractivity contribution in [2.45, 2.75) is 10.8 Å². The van der Waals surface area contributed by atoms with Gasteiger partial charge >= 0.3 is 5.97 Å². The van der Waals surface area contributed by atoms with E-state index in [1.54, 1.807) is 6.07 Å². The summed E-state index contributed by atoms with van der Waals surface area (Å²) >= 11 is 7.33. The number of aromatic carboxylic acids is 1. The Morgan fingerprint density at radius 2 is 2.11 bits per heavy atom. The second-order valence-corrected chi connectivity index (χ2v) is 4.81. The molecule has 0 amide bonds. The van der Waals surface area contributed by atoms with Crippen LogP contribution in [-0.2, 0) is 5.75 Å². The molecular formula is C12H9ClN2O2S. The summed E-state index contributed by atoms with van der Waals surface area (Å²) in [7, 11) is 0. The van der Waals surface area contributed by atoms with Crippen molar-refractivity contribution in [1.82, 2.24) is 10.2 Å². The van der Waals surface area contributed by atoms with Gasteiger partial charge < -0.3 is 5.11 Å². The Balaban J connectivity index is 2.16. The molecule has 6 heteroatoms. The lowest BCUT2D eigenvalue weighted by molar-refractivity contribution is 0.0692. The summed E-state index contributed by atoms with van der Waals surface area (Å²) in [5, 5.41) is 17.6. The molecule has 0 spiro atoms. The van der Waals surface area contributed by atoms with Gasteiger partial charge in [0.25, 0.3) is 0 Å². The fourth-order valence-electron chi connectivity index (χ4n) is 1.35. The number of hydrogen-bond acceptors (Lipinski definition) is 4. The number of aromatic nitrogens is 2. The fourth-order valence-corrected chi connectivity index (χ4v) is 2.59. The zero-order chi connectivity index (χ0) is 13.0. The third kappa shape index (κ3) is 3.00. The highest BCUT2D eigenvalue weighted by atomic mass is 35.5. The molecular weight excluding hydrogens is 272 g/mol. The van der Waals surface area contributed by atoms with Gasteiger partial charge in [0.1, 0.15) is 5.03 Å². The Morgan fingerprint density at radius 3 is 2.83 bits per heavy atom. The van der Waals surface area contributed by atoms with Crippen molar-refractivity contribution < 1.29 is 9.90 Å². The summed E-state index contributed by atoms with van der Waals surface area (Å²) in [6.07, 6.45) is 1.36. The largest absolute Gasteiger partial charge is 0.478 e. The maximum Gasteiger partial charge on any atom is 0.338 e. The molecule has 18 heavy (non-hydrogen) atoms. The van der Waals surface area contributed by atoms with Crippen LogP contribution in [0.1, 0.15) is 15.9 Å². The normalized spacial score (nSPS) is 10.3. The summed E-state index contributed by atoms with van der Waals surface area (Å²) in [6.45, 7) is 0. The van der Waals surface area contributed by atoms with E-state index in [2.05, 4.69) is 10.2 Å². The maximum atomic E-state index is 11.0. The quantitative estimate of drug-likeness (QED) is 0.872. The molecule has 0 saturated carbocycles. The SMILES string of the molecule is O=C(O)c1ccnnc1SCc1ccccc1Cl. The van der Waals surface area contributed by atoms with E-state index in [1.807, 2.05) is 18.2 Å². The minimum atomic E-state index is -1.01. The second kappa shape index (κ2) is 5.84. The second-order valence-electron chi connectivity index (χ2n) is 3.44. The minimum absolute atomic E-state index is 0.155. The molecule has 0 unspecified atom stereocenters. The number of carboxylic acid groups (broad SMARTS) is 1. The average Bonchev–Trinajstić information content (AvgIpc) is 2.38. The van der Waals surface area contributed by atoms with Crippen molar-refractivity contribution in [1.29, 1.82) is 0 Å². The molecule has 0 aliphatic heterocycles. The zero-order valence-corrected chi connectivity index (χ0v) is 10.8. The predicted molar refractivity (Wildman–Crippen MR) is 70.0 cm³/mol. The Bertz CT molecular complexity index is 578. The first kappa shape index (κ1) is 12.9. The zero-order valence-electron chi connectivity index (χ0n) is 9.21. The third-order valence-corrected chi connectivity index (χ3v) is 3.64. The van der Waals surface area contributed by atoms with Crippen LogP contribution in [0.2, 0.25) is 5.02 Å². The van der Waals surface area contributed by atoms with Gasteiger partial charge in [-0.05, 0) is 17.7 Å². The molecule has 1 heterocycles. The molecule has 1 N–H and O–H groups in total. The van der Waals surface area contributed by atoms with E-state index in [1.165, 1.54) is 24.0 Å². The molecule has 0 fully saturated rings. The number of carbonyl (C=O) groups is 1. The van der Waals surface area contributed by atoms with E-state index in [0.717, 1.165) is 5.56 Å². The number of benzene rings is 1. The standard InChI is InChI=1S/C12H9ClN2O2S/c13-10-4-2-1-3-8(10)7-18-11-9(12(16)17)5-6-14-15-11/h1-6H,7H2,(H,16,17). The Labute approximate surface area is 113 Å². The molecule has 4 nitrogen and oxygen atoms in total. The van der Waals surface area contributed by atoms with Gasteiger partial charge in [-0.3, -0.25) is 0 Å². The molecule has 0 aliphatic rings. The summed E-state index contributed by atoms with van der Waals surface area (Å²) in [5.74, 6) is -0.454. The molecule has 0 saturated heterocycles. The predicted octanol–water partition coefficient (Wildman–Crippen LogP) is 3.12. The fraction of sp³-hybridized carbons (Fsp3) is 0.0833. The smallest absolute Gasteiger partial charge is 0.338 e. The van der Waals surface area contributed by atoms with Crippen LogP contribution >= 0.6 is 23.4 Å². The first-order valence-electron chi connectivity index (χ1n) is 5.09. The van der Waals surface area contributed by atoms with Crippen molar-refractivity contribution in [2.75, 3.05) is 0 Å². The van der Waals surface area contributed by atoms with Crippen molar-refractivity contribution >= 4 is 29.3 Å². The lowest BCUT2D eigenvalue weighted by atomic mass is 10.2. The molecule has 92 valence electrons. The lowest BCUT2D eigenvalue weighted by Gasteiger charge is -2.05. The molecule has 1 aromatic heterocycles. The van der Waals surface area contributed by atoms with E-state index in [0.29, 0.717) is 15.8 Å². The van der Waals surface area contributed by atoms with Crippen molar-refractivity contribution in [3.63, 3.8) is 0 Å². The summed E-state index contributed by atoms with van der Waals surface area (Å²) in [5.41, 5.74) is 1.09. The Kier molecular flexibility index (Phi) is 4.17. The van der Waals surface area contributed by atoms with Crippen LogP contribution in [-0.4, -0.2) is 21.3 Å². The van der Waals surface area contributed by atoms with E-state index < -0.39 is 5.97 Å². The number of carboxylic acids is 1. The van der Waals surface area contributed by atoms with Gasteiger partial charge in [0.2, 0.25) is 0 Å². The lowest BCUT2D eigenvalue weighted by Crippen LogP contribution is -2.01. The maximum absolute atomic E-state index is 11.0. The van der Waals surface area contributed by atoms with Crippen molar-refractivity contribution in [3.8, 4) is 0 Å². The highest BCUT2D eigenvalue weighted by Gasteiger charge is 2.12. The minimum Gasteiger partial charge on any atom is -0.478 e. The van der Waals surface area contributed by atoms with Crippen LogP contribution in [0.3, 0.4) is 0 Å². The highest BCUT2D eigenvalue weighted by Crippen LogP contribution is 2.26. The number of nitrogens with zero attached hydrogens (tertiary/aromatic N) is 2. The number of halogens is 1. The topological polar surface area (TPSA) is 63.1 Å². The van der Waals surface area contributed by atoms with Crippen molar-refractivity contribution in [2.24, 2.45) is 0 Å². The van der Waals surface area contributed by atoms with Crippen LogP contribution in [0.4, 0.5) is 0 Å². The van der Waals surface area contributed by atoms with Gasteiger partial charge in [0.05, 0.1) is 11.8 Å². The first-order chi connectivity index (χ1) is 8.68.